The second kappa shape index (κ2) is 9.14. The van der Waals surface area contributed by atoms with Crippen LogP contribution in [0.3, 0.4) is 0 Å². The topological polar surface area (TPSA) is 90.6 Å². The summed E-state index contributed by atoms with van der Waals surface area (Å²) in [5.41, 5.74) is 5.70. The van der Waals surface area contributed by atoms with Crippen molar-refractivity contribution < 1.29 is 9.34 Å². The summed E-state index contributed by atoms with van der Waals surface area (Å²) >= 11 is 3.00. The van der Waals surface area contributed by atoms with E-state index in [-0.39, 0.29) is 17.3 Å². The molecule has 1 atom stereocenters. The number of thiophene rings is 1. The molecule has 9 heteroatoms. The summed E-state index contributed by atoms with van der Waals surface area (Å²) in [6.45, 7) is 1.70. The molecule has 2 aliphatic rings. The number of allylic oxidation sites excluding steroid dienone is 1. The van der Waals surface area contributed by atoms with Crippen LogP contribution in [0, 0.1) is 17.0 Å². The Morgan fingerprint density at radius 2 is 1.97 bits per heavy atom. The van der Waals surface area contributed by atoms with Gasteiger partial charge in [-0.3, -0.25) is 19.5 Å². The number of hydrogen-bond donors (Lipinski definition) is 0. The molecule has 3 aromatic heterocycles. The van der Waals surface area contributed by atoms with Crippen LogP contribution in [0.25, 0.3) is 23.1 Å². The van der Waals surface area contributed by atoms with Crippen LogP contribution in [-0.2, 0) is 6.42 Å². The molecule has 0 fully saturated rings. The predicted molar refractivity (Wildman–Crippen MR) is 153 cm³/mol. The first-order chi connectivity index (χ1) is 19.0. The van der Waals surface area contributed by atoms with Gasteiger partial charge in [-0.1, -0.05) is 53.8 Å². The Hall–Kier alpha value is -4.34. The minimum absolute atomic E-state index is 0.0397. The summed E-state index contributed by atoms with van der Waals surface area (Å²) in [6.07, 6.45) is 3.51. The van der Waals surface area contributed by atoms with Crippen LogP contribution in [-0.4, -0.2) is 9.49 Å². The van der Waals surface area contributed by atoms with Crippen LogP contribution in [0.1, 0.15) is 39.8 Å². The van der Waals surface area contributed by atoms with Crippen LogP contribution in [0.5, 0.6) is 0 Å². The van der Waals surface area contributed by atoms with Gasteiger partial charge in [0.05, 0.1) is 21.2 Å². The number of nitrogens with zero attached hydrogens (tertiary/aromatic N) is 3. The van der Waals surface area contributed by atoms with Crippen molar-refractivity contribution in [3.8, 4) is 11.3 Å². The minimum atomic E-state index is -0.397. The number of aromatic nitrogens is 1. The first kappa shape index (κ1) is 23.8. The molecular weight excluding hydrogens is 530 g/mol. The lowest BCUT2D eigenvalue weighted by molar-refractivity contribution is -0.385. The van der Waals surface area contributed by atoms with Crippen LogP contribution in [0.2, 0.25) is 0 Å². The van der Waals surface area contributed by atoms with Crippen molar-refractivity contribution in [2.75, 3.05) is 0 Å². The number of hydrogen-bond acceptors (Lipinski definition) is 7. The zero-order valence-corrected chi connectivity index (χ0v) is 22.4. The molecule has 39 heavy (non-hydrogen) atoms. The van der Waals surface area contributed by atoms with Crippen molar-refractivity contribution in [1.82, 2.24) is 4.57 Å². The minimum Gasteiger partial charge on any atom is -0.457 e. The van der Waals surface area contributed by atoms with Gasteiger partial charge in [-0.15, -0.1) is 11.3 Å². The van der Waals surface area contributed by atoms with E-state index in [0.29, 0.717) is 32.0 Å². The maximum absolute atomic E-state index is 13.8. The van der Waals surface area contributed by atoms with Gasteiger partial charge in [-0.2, -0.15) is 0 Å². The number of thiazole rings is 1. The van der Waals surface area contributed by atoms with Gasteiger partial charge in [0.1, 0.15) is 11.5 Å². The number of rotatable bonds is 4. The van der Waals surface area contributed by atoms with E-state index in [9.17, 15) is 14.9 Å². The van der Waals surface area contributed by atoms with Gasteiger partial charge in [0.15, 0.2) is 4.80 Å². The molecule has 192 valence electrons. The normalized spacial score (nSPS) is 16.4. The number of aryl methyl sites for hydroxylation is 2. The van der Waals surface area contributed by atoms with Gasteiger partial charge in [0.2, 0.25) is 0 Å². The van der Waals surface area contributed by atoms with E-state index >= 15 is 0 Å². The van der Waals surface area contributed by atoms with E-state index in [2.05, 4.69) is 24.3 Å². The molecule has 0 spiro atoms. The fourth-order valence-corrected chi connectivity index (χ4v) is 7.22. The molecule has 5 aromatic rings. The highest BCUT2D eigenvalue weighted by atomic mass is 32.1. The molecule has 0 radical (unpaired) electrons. The van der Waals surface area contributed by atoms with Crippen molar-refractivity contribution in [3.63, 3.8) is 0 Å². The molecule has 0 saturated carbocycles. The van der Waals surface area contributed by atoms with Gasteiger partial charge in [0.25, 0.3) is 11.2 Å². The maximum Gasteiger partial charge on any atom is 0.273 e. The molecule has 0 N–H and O–H groups in total. The Morgan fingerprint density at radius 1 is 1.10 bits per heavy atom. The lowest BCUT2D eigenvalue weighted by Crippen LogP contribution is -2.38. The van der Waals surface area contributed by atoms with Gasteiger partial charge in [-0.25, -0.2) is 4.99 Å². The average Bonchev–Trinajstić information content (AvgIpc) is 3.70. The number of nitro benzene ring substituents is 1. The average molecular weight is 552 g/mol. The third kappa shape index (κ3) is 3.93. The van der Waals surface area contributed by atoms with Gasteiger partial charge in [-0.05, 0) is 54.5 Å². The third-order valence-corrected chi connectivity index (χ3v) is 9.18. The highest BCUT2D eigenvalue weighted by molar-refractivity contribution is 7.10. The van der Waals surface area contributed by atoms with E-state index in [1.165, 1.54) is 28.5 Å². The molecule has 0 unspecified atom stereocenters. The number of furan rings is 1. The second-order valence-corrected chi connectivity index (χ2v) is 11.6. The highest BCUT2D eigenvalue weighted by Crippen LogP contribution is 2.42. The molecule has 0 amide bonds. The molecule has 7 nitrogen and oxygen atoms in total. The van der Waals surface area contributed by atoms with Crippen LogP contribution >= 0.6 is 22.7 Å². The van der Waals surface area contributed by atoms with Crippen molar-refractivity contribution in [2.45, 2.75) is 25.8 Å². The van der Waals surface area contributed by atoms with E-state index in [1.54, 1.807) is 48.6 Å². The predicted octanol–water partition coefficient (Wildman–Crippen LogP) is 5.86. The van der Waals surface area contributed by atoms with Crippen molar-refractivity contribution in [1.29, 1.82) is 0 Å². The van der Waals surface area contributed by atoms with Crippen molar-refractivity contribution in [3.05, 3.63) is 135 Å². The first-order valence-corrected chi connectivity index (χ1v) is 14.2. The van der Waals surface area contributed by atoms with E-state index < -0.39 is 4.92 Å². The standard InChI is InChI=1S/C30H21N3O4S2/c1-17-8-9-19(15-23(17)33(35)36)24-13-11-20(37-24)16-26-29(34)32-28(25-7-4-14-38-25)22-12-10-18-5-2-3-6-21(18)27(22)31-30(32)39-26/h2-9,11,13-16,28H,10,12H2,1H3/b26-16+/t28-/m1/s1. The molecule has 0 saturated heterocycles. The molecule has 1 aliphatic heterocycles. The molecule has 7 rings (SSSR count). The lowest BCUT2D eigenvalue weighted by Gasteiger charge is -2.30. The summed E-state index contributed by atoms with van der Waals surface area (Å²) in [4.78, 5) is 31.6. The summed E-state index contributed by atoms with van der Waals surface area (Å²) in [5, 5.41) is 13.4. The van der Waals surface area contributed by atoms with Crippen LogP contribution in [0.4, 0.5) is 5.69 Å². The lowest BCUT2D eigenvalue weighted by atomic mass is 9.85. The fraction of sp³-hybridized carbons (Fsp3) is 0.133. The molecule has 1 aliphatic carbocycles. The Balaban J connectivity index is 1.36. The van der Waals surface area contributed by atoms with Gasteiger partial charge in [0, 0.05) is 33.7 Å². The number of fused-ring (bicyclic) bond motifs is 3. The van der Waals surface area contributed by atoms with Crippen molar-refractivity contribution in [2.24, 2.45) is 4.99 Å². The van der Waals surface area contributed by atoms with Gasteiger partial charge < -0.3 is 4.42 Å². The molecule has 0 bridgehead atoms. The fourth-order valence-electron chi connectivity index (χ4n) is 5.39. The van der Waals surface area contributed by atoms with E-state index in [4.69, 9.17) is 9.41 Å². The summed E-state index contributed by atoms with van der Waals surface area (Å²) in [7, 11) is 0. The van der Waals surface area contributed by atoms with Gasteiger partial charge >= 0.3 is 0 Å². The third-order valence-electron chi connectivity index (χ3n) is 7.28. The monoisotopic (exact) mass is 551 g/mol. The SMILES string of the molecule is Cc1ccc(-c2ccc(/C=c3/sc4n(c3=O)[C@@H](c3cccs3)C3=C(N=4)c4ccccc4CC3)o2)cc1[N+](=O)[O-]. The maximum atomic E-state index is 13.8. The summed E-state index contributed by atoms with van der Waals surface area (Å²) in [6, 6.07) is 20.8. The first-order valence-electron chi connectivity index (χ1n) is 12.5. The molecule has 4 heterocycles. The van der Waals surface area contributed by atoms with Crippen LogP contribution < -0.4 is 14.9 Å². The highest BCUT2D eigenvalue weighted by Gasteiger charge is 2.33. The Morgan fingerprint density at radius 3 is 2.79 bits per heavy atom. The molecule has 2 aromatic carbocycles. The largest absolute Gasteiger partial charge is 0.457 e. The zero-order valence-electron chi connectivity index (χ0n) is 20.8. The van der Waals surface area contributed by atoms with E-state index in [0.717, 1.165) is 29.0 Å². The Bertz CT molecular complexity index is 1990. The number of nitro groups is 1. The number of benzene rings is 2. The Kier molecular flexibility index (Phi) is 5.57. The second-order valence-electron chi connectivity index (χ2n) is 9.59. The molecular formula is C30H21N3O4S2. The van der Waals surface area contributed by atoms with Crippen molar-refractivity contribution >= 4 is 40.1 Å². The quantitative estimate of drug-likeness (QED) is 0.207. The summed E-state index contributed by atoms with van der Waals surface area (Å²) in [5.74, 6) is 1.00. The summed E-state index contributed by atoms with van der Waals surface area (Å²) < 4.78 is 8.37. The zero-order chi connectivity index (χ0) is 26.7. The smallest absolute Gasteiger partial charge is 0.273 e. The van der Waals surface area contributed by atoms with E-state index in [1.807, 2.05) is 22.1 Å². The Labute approximate surface area is 230 Å². The van der Waals surface area contributed by atoms with Crippen LogP contribution in [0.15, 0.2) is 91.9 Å².